The van der Waals surface area contributed by atoms with Crippen LogP contribution in [0.15, 0.2) is 30.3 Å². The molecular formula is C15H11ClFNO3. The fourth-order valence-corrected chi connectivity index (χ4v) is 2.29. The molecule has 1 aliphatic heterocycles. The number of aryl methyl sites for hydroxylation is 1. The maximum absolute atomic E-state index is 13.7. The molecule has 3 rings (SSSR count). The number of amides is 1. The number of nitrogens with one attached hydrogen (secondary N) is 1. The second kappa shape index (κ2) is 5.26. The van der Waals surface area contributed by atoms with Crippen LogP contribution in [0.3, 0.4) is 0 Å². The van der Waals surface area contributed by atoms with Crippen molar-refractivity contribution in [3.63, 3.8) is 0 Å². The highest BCUT2D eigenvalue weighted by atomic mass is 35.5. The maximum atomic E-state index is 13.7. The van der Waals surface area contributed by atoms with Gasteiger partial charge in [-0.3, -0.25) is 4.79 Å². The predicted octanol–water partition coefficient (Wildman–Crippen LogP) is 3.77. The van der Waals surface area contributed by atoms with Gasteiger partial charge in [0.1, 0.15) is 5.82 Å². The fraction of sp³-hybridized carbons (Fsp3) is 0.133. The lowest BCUT2D eigenvalue weighted by molar-refractivity contribution is 0.102. The third kappa shape index (κ3) is 2.64. The van der Waals surface area contributed by atoms with E-state index in [0.717, 1.165) is 5.56 Å². The summed E-state index contributed by atoms with van der Waals surface area (Å²) in [4.78, 5) is 12.2. The Balaban J connectivity index is 1.89. The van der Waals surface area contributed by atoms with Gasteiger partial charge in [-0.05, 0) is 36.8 Å². The number of carbonyl (C=O) groups excluding carboxylic acids is 1. The molecule has 21 heavy (non-hydrogen) atoms. The third-order valence-electron chi connectivity index (χ3n) is 3.06. The molecule has 0 atom stereocenters. The highest BCUT2D eigenvalue weighted by molar-refractivity contribution is 6.32. The number of hydrogen-bond acceptors (Lipinski definition) is 3. The van der Waals surface area contributed by atoms with Crippen LogP contribution in [0.5, 0.6) is 11.5 Å². The number of hydrogen-bond donors (Lipinski definition) is 1. The number of ether oxygens (including phenoxy) is 2. The lowest BCUT2D eigenvalue weighted by Gasteiger charge is -2.08. The Bertz CT molecular complexity index is 733. The van der Waals surface area contributed by atoms with E-state index in [1.807, 2.05) is 6.92 Å². The predicted molar refractivity (Wildman–Crippen MR) is 76.7 cm³/mol. The Morgan fingerprint density at radius 3 is 2.90 bits per heavy atom. The van der Waals surface area contributed by atoms with E-state index in [-0.39, 0.29) is 23.1 Å². The van der Waals surface area contributed by atoms with Crippen LogP contribution >= 0.6 is 11.6 Å². The third-order valence-corrected chi connectivity index (χ3v) is 3.34. The molecular weight excluding hydrogens is 297 g/mol. The monoisotopic (exact) mass is 307 g/mol. The highest BCUT2D eigenvalue weighted by Gasteiger charge is 2.21. The zero-order valence-electron chi connectivity index (χ0n) is 11.1. The van der Waals surface area contributed by atoms with E-state index in [1.54, 1.807) is 12.1 Å². The molecule has 1 amide bonds. The van der Waals surface area contributed by atoms with Gasteiger partial charge in [-0.2, -0.15) is 0 Å². The Morgan fingerprint density at radius 1 is 1.29 bits per heavy atom. The molecule has 0 radical (unpaired) electrons. The Labute approximate surface area is 125 Å². The summed E-state index contributed by atoms with van der Waals surface area (Å²) < 4.78 is 24.0. The fourth-order valence-electron chi connectivity index (χ4n) is 2.03. The minimum absolute atomic E-state index is 0.0621. The summed E-state index contributed by atoms with van der Waals surface area (Å²) in [6.07, 6.45) is 0. The molecule has 0 bridgehead atoms. The number of fused-ring (bicyclic) bond motifs is 1. The lowest BCUT2D eigenvalue weighted by Crippen LogP contribution is -2.13. The van der Waals surface area contributed by atoms with Crippen LogP contribution in [-0.2, 0) is 0 Å². The van der Waals surface area contributed by atoms with E-state index in [9.17, 15) is 9.18 Å². The first-order chi connectivity index (χ1) is 10.0. The average Bonchev–Trinajstić information content (AvgIpc) is 2.91. The van der Waals surface area contributed by atoms with Crippen molar-refractivity contribution in [1.29, 1.82) is 0 Å². The first kappa shape index (κ1) is 13.7. The van der Waals surface area contributed by atoms with Crippen molar-refractivity contribution in [1.82, 2.24) is 0 Å². The molecule has 4 nitrogen and oxygen atoms in total. The van der Waals surface area contributed by atoms with E-state index in [0.29, 0.717) is 11.5 Å². The van der Waals surface area contributed by atoms with Crippen LogP contribution in [0.4, 0.5) is 10.1 Å². The zero-order valence-corrected chi connectivity index (χ0v) is 11.8. The van der Waals surface area contributed by atoms with Crippen molar-refractivity contribution in [3.8, 4) is 11.5 Å². The summed E-state index contributed by atoms with van der Waals surface area (Å²) >= 11 is 6.02. The molecule has 0 aromatic heterocycles. The van der Waals surface area contributed by atoms with Crippen molar-refractivity contribution < 1.29 is 18.7 Å². The molecule has 108 valence electrons. The van der Waals surface area contributed by atoms with Gasteiger partial charge in [-0.15, -0.1) is 0 Å². The summed E-state index contributed by atoms with van der Waals surface area (Å²) in [5.41, 5.74) is 1.23. The van der Waals surface area contributed by atoms with Crippen LogP contribution in [0.1, 0.15) is 15.9 Å². The minimum atomic E-state index is -0.499. The smallest absolute Gasteiger partial charge is 0.255 e. The molecule has 1 heterocycles. The van der Waals surface area contributed by atoms with Gasteiger partial charge in [0.25, 0.3) is 5.91 Å². The van der Waals surface area contributed by atoms with Crippen LogP contribution in [0.2, 0.25) is 5.02 Å². The van der Waals surface area contributed by atoms with E-state index >= 15 is 0 Å². The number of carbonyl (C=O) groups is 1. The average molecular weight is 308 g/mol. The van der Waals surface area contributed by atoms with Gasteiger partial charge in [-0.25, -0.2) is 4.39 Å². The standard InChI is InChI=1S/C15H11ClFNO3/c1-8-2-3-11(17)12(4-8)18-15(19)9-5-10(16)14-13(6-9)20-7-21-14/h2-6H,7H2,1H3,(H,18,19). The van der Waals surface area contributed by atoms with E-state index in [4.69, 9.17) is 21.1 Å². The summed E-state index contributed by atoms with van der Waals surface area (Å²) in [5.74, 6) is -0.159. The summed E-state index contributed by atoms with van der Waals surface area (Å²) in [6, 6.07) is 7.46. The van der Waals surface area contributed by atoms with Crippen LogP contribution in [0, 0.1) is 12.7 Å². The SMILES string of the molecule is Cc1ccc(F)c(NC(=O)c2cc(Cl)c3c(c2)OCO3)c1. The van der Waals surface area contributed by atoms with Gasteiger partial charge in [0, 0.05) is 5.56 Å². The second-order valence-electron chi connectivity index (χ2n) is 4.63. The van der Waals surface area contributed by atoms with Gasteiger partial charge >= 0.3 is 0 Å². The van der Waals surface area contributed by atoms with Gasteiger partial charge in [0.2, 0.25) is 6.79 Å². The molecule has 0 aliphatic carbocycles. The number of halogens is 2. The Morgan fingerprint density at radius 2 is 2.10 bits per heavy atom. The zero-order chi connectivity index (χ0) is 15.0. The Kier molecular flexibility index (Phi) is 3.43. The number of rotatable bonds is 2. The van der Waals surface area contributed by atoms with Crippen molar-refractivity contribution in [2.24, 2.45) is 0 Å². The van der Waals surface area contributed by atoms with Crippen LogP contribution < -0.4 is 14.8 Å². The maximum Gasteiger partial charge on any atom is 0.255 e. The van der Waals surface area contributed by atoms with Gasteiger partial charge in [-0.1, -0.05) is 17.7 Å². The molecule has 6 heteroatoms. The van der Waals surface area contributed by atoms with Gasteiger partial charge in [0.15, 0.2) is 11.5 Å². The molecule has 0 saturated carbocycles. The summed E-state index contributed by atoms with van der Waals surface area (Å²) in [5, 5.41) is 2.79. The number of anilines is 1. The molecule has 1 N–H and O–H groups in total. The second-order valence-corrected chi connectivity index (χ2v) is 5.04. The first-order valence-corrected chi connectivity index (χ1v) is 6.59. The topological polar surface area (TPSA) is 47.6 Å². The Hall–Kier alpha value is -2.27. The molecule has 0 spiro atoms. The first-order valence-electron chi connectivity index (χ1n) is 6.21. The molecule has 2 aromatic carbocycles. The largest absolute Gasteiger partial charge is 0.454 e. The quantitative estimate of drug-likeness (QED) is 0.918. The summed E-state index contributed by atoms with van der Waals surface area (Å²) in [7, 11) is 0. The molecule has 0 fully saturated rings. The van der Waals surface area contributed by atoms with Crippen molar-refractivity contribution in [2.75, 3.05) is 12.1 Å². The normalized spacial score (nSPS) is 12.3. The molecule has 2 aromatic rings. The van der Waals surface area contributed by atoms with Gasteiger partial charge < -0.3 is 14.8 Å². The highest BCUT2D eigenvalue weighted by Crippen LogP contribution is 2.39. The van der Waals surface area contributed by atoms with E-state index in [2.05, 4.69) is 5.32 Å². The number of benzene rings is 2. The lowest BCUT2D eigenvalue weighted by atomic mass is 10.1. The van der Waals surface area contributed by atoms with Crippen molar-refractivity contribution in [2.45, 2.75) is 6.92 Å². The van der Waals surface area contributed by atoms with Crippen molar-refractivity contribution in [3.05, 3.63) is 52.3 Å². The molecule has 1 aliphatic rings. The van der Waals surface area contributed by atoms with E-state index in [1.165, 1.54) is 18.2 Å². The van der Waals surface area contributed by atoms with E-state index < -0.39 is 11.7 Å². The summed E-state index contributed by atoms with van der Waals surface area (Å²) in [6.45, 7) is 1.87. The van der Waals surface area contributed by atoms with Gasteiger partial charge in [0.05, 0.1) is 10.7 Å². The van der Waals surface area contributed by atoms with Crippen LogP contribution in [0.25, 0.3) is 0 Å². The molecule has 0 unspecified atom stereocenters. The minimum Gasteiger partial charge on any atom is -0.454 e. The van der Waals surface area contributed by atoms with Crippen LogP contribution in [-0.4, -0.2) is 12.7 Å². The van der Waals surface area contributed by atoms with Crippen molar-refractivity contribution >= 4 is 23.2 Å². The molecule has 0 saturated heterocycles.